The Kier molecular flexibility index (Phi) is 1.03. The zero-order valence-electron chi connectivity index (χ0n) is 6.69. The molecule has 12 heavy (non-hydrogen) atoms. The number of allylic oxidation sites excluding steroid dienone is 2. The summed E-state index contributed by atoms with van der Waals surface area (Å²) in [6.45, 7) is 0. The van der Waals surface area contributed by atoms with E-state index in [2.05, 4.69) is 6.08 Å². The second kappa shape index (κ2) is 1.87. The van der Waals surface area contributed by atoms with Gasteiger partial charge in [0.05, 0.1) is 0 Å². The van der Waals surface area contributed by atoms with Crippen LogP contribution in [-0.4, -0.2) is 11.6 Å². The molecule has 0 N–H and O–H groups in total. The molecular formula is C10H10O2. The van der Waals surface area contributed by atoms with Crippen LogP contribution in [0.2, 0.25) is 0 Å². The Morgan fingerprint density at radius 2 is 2.00 bits per heavy atom. The van der Waals surface area contributed by atoms with Crippen LogP contribution in [0.25, 0.3) is 0 Å². The van der Waals surface area contributed by atoms with Crippen LogP contribution < -0.4 is 0 Å². The molecule has 0 radical (unpaired) electrons. The molecule has 0 aliphatic heterocycles. The number of hydrogen-bond acceptors (Lipinski definition) is 2. The van der Waals surface area contributed by atoms with E-state index in [4.69, 9.17) is 0 Å². The Bertz CT molecular complexity index is 303. The van der Waals surface area contributed by atoms with Crippen LogP contribution in [0.4, 0.5) is 0 Å². The van der Waals surface area contributed by atoms with Gasteiger partial charge in [0.15, 0.2) is 0 Å². The fourth-order valence-corrected chi connectivity index (χ4v) is 2.92. The number of hydrogen-bond donors (Lipinski definition) is 0. The summed E-state index contributed by atoms with van der Waals surface area (Å²) < 4.78 is 0. The number of rotatable bonds is 0. The van der Waals surface area contributed by atoms with E-state index in [0.29, 0.717) is 23.9 Å². The van der Waals surface area contributed by atoms with Gasteiger partial charge in [0.1, 0.15) is 11.6 Å². The summed E-state index contributed by atoms with van der Waals surface area (Å²) in [5.74, 6) is 1.12. The van der Waals surface area contributed by atoms with E-state index in [0.717, 1.165) is 6.42 Å². The van der Waals surface area contributed by atoms with Gasteiger partial charge in [-0.2, -0.15) is 0 Å². The van der Waals surface area contributed by atoms with Crippen molar-refractivity contribution < 1.29 is 9.59 Å². The van der Waals surface area contributed by atoms with Crippen LogP contribution in [0, 0.1) is 23.7 Å². The first kappa shape index (κ1) is 6.58. The van der Waals surface area contributed by atoms with Gasteiger partial charge in [0.2, 0.25) is 0 Å². The van der Waals surface area contributed by atoms with Crippen LogP contribution >= 0.6 is 0 Å². The van der Waals surface area contributed by atoms with Crippen LogP contribution in [0.5, 0.6) is 0 Å². The van der Waals surface area contributed by atoms with Crippen LogP contribution in [0.3, 0.4) is 0 Å². The summed E-state index contributed by atoms with van der Waals surface area (Å²) in [5.41, 5.74) is 0. The highest BCUT2D eigenvalue weighted by atomic mass is 16.1. The molecule has 4 bridgehead atoms. The number of fused-ring (bicyclic) bond motifs is 1. The zero-order valence-corrected chi connectivity index (χ0v) is 6.69. The highest BCUT2D eigenvalue weighted by Crippen LogP contribution is 2.48. The Hall–Kier alpha value is -0.920. The molecule has 0 heterocycles. The summed E-state index contributed by atoms with van der Waals surface area (Å²) >= 11 is 0. The van der Waals surface area contributed by atoms with Gasteiger partial charge < -0.3 is 0 Å². The van der Waals surface area contributed by atoms with Gasteiger partial charge in [0, 0.05) is 24.2 Å². The van der Waals surface area contributed by atoms with Gasteiger partial charge in [-0.05, 0) is 12.3 Å². The van der Waals surface area contributed by atoms with Crippen molar-refractivity contribution in [1.82, 2.24) is 0 Å². The van der Waals surface area contributed by atoms with Crippen molar-refractivity contribution in [1.29, 1.82) is 0 Å². The molecular weight excluding hydrogens is 152 g/mol. The van der Waals surface area contributed by atoms with Gasteiger partial charge in [-0.1, -0.05) is 12.2 Å². The molecule has 2 heteroatoms. The van der Waals surface area contributed by atoms with E-state index in [9.17, 15) is 9.59 Å². The summed E-state index contributed by atoms with van der Waals surface area (Å²) in [5, 5.41) is 0. The fraction of sp³-hybridized carbons (Fsp3) is 0.600. The number of Topliss-reactive ketones (excluding diaryl/α,β-unsaturated/α-hetero) is 2. The monoisotopic (exact) mass is 162 g/mol. The van der Waals surface area contributed by atoms with E-state index in [1.54, 1.807) is 0 Å². The van der Waals surface area contributed by atoms with Gasteiger partial charge in [0.25, 0.3) is 0 Å². The smallest absolute Gasteiger partial charge is 0.144 e. The third-order valence-electron chi connectivity index (χ3n) is 3.57. The zero-order chi connectivity index (χ0) is 8.29. The lowest BCUT2D eigenvalue weighted by molar-refractivity contribution is -0.148. The molecule has 5 aliphatic carbocycles. The third-order valence-corrected chi connectivity index (χ3v) is 3.57. The van der Waals surface area contributed by atoms with Gasteiger partial charge >= 0.3 is 0 Å². The lowest BCUT2D eigenvalue weighted by Crippen LogP contribution is -2.51. The first-order chi connectivity index (χ1) is 5.77. The Morgan fingerprint density at radius 3 is 2.58 bits per heavy atom. The van der Waals surface area contributed by atoms with Crippen molar-refractivity contribution in [2.24, 2.45) is 23.7 Å². The highest BCUT2D eigenvalue weighted by molar-refractivity contribution is 6.01. The summed E-state index contributed by atoms with van der Waals surface area (Å²) in [6.07, 6.45) is 5.56. The number of carbonyl (C=O) groups excluding carboxylic acids is 2. The molecule has 0 aromatic rings. The first-order valence-electron chi connectivity index (χ1n) is 4.52. The van der Waals surface area contributed by atoms with Crippen molar-refractivity contribution in [3.63, 3.8) is 0 Å². The largest absolute Gasteiger partial charge is 0.299 e. The molecule has 3 fully saturated rings. The predicted molar refractivity (Wildman–Crippen MR) is 42.3 cm³/mol. The molecule has 62 valence electrons. The maximum Gasteiger partial charge on any atom is 0.144 e. The molecule has 4 atom stereocenters. The maximum absolute atomic E-state index is 11.6. The minimum absolute atomic E-state index is 0.0405. The van der Waals surface area contributed by atoms with Gasteiger partial charge in [-0.3, -0.25) is 9.59 Å². The first-order valence-corrected chi connectivity index (χ1v) is 4.52. The molecule has 3 saturated carbocycles. The van der Waals surface area contributed by atoms with E-state index >= 15 is 0 Å². The second-order valence-electron chi connectivity index (χ2n) is 4.10. The molecule has 2 nitrogen and oxygen atoms in total. The predicted octanol–water partition coefficient (Wildman–Crippen LogP) is 0.967. The summed E-state index contributed by atoms with van der Waals surface area (Å²) in [6, 6.07) is 0. The SMILES string of the molecule is O=C1C2C=CC3CC2C(=O)CC13. The summed E-state index contributed by atoms with van der Waals surface area (Å²) in [7, 11) is 0. The minimum atomic E-state index is -0.0405. The molecule has 5 aliphatic rings. The standard InChI is InChI=1S/C10H10O2/c11-9-4-7-5-1-2-6(10(7)12)8(9)3-5/h1-2,5-8H,3-4H2. The Labute approximate surface area is 70.6 Å². The molecule has 0 saturated heterocycles. The van der Waals surface area contributed by atoms with Crippen LogP contribution in [-0.2, 0) is 9.59 Å². The maximum atomic E-state index is 11.6. The van der Waals surface area contributed by atoms with E-state index in [1.807, 2.05) is 6.08 Å². The molecule has 0 spiro atoms. The van der Waals surface area contributed by atoms with Crippen molar-refractivity contribution >= 4 is 11.6 Å². The van der Waals surface area contributed by atoms with Crippen molar-refractivity contribution in [3.05, 3.63) is 12.2 Å². The van der Waals surface area contributed by atoms with Crippen LogP contribution in [0.1, 0.15) is 12.8 Å². The Balaban J connectivity index is 2.14. The lowest BCUT2D eigenvalue weighted by Gasteiger charge is -2.46. The third kappa shape index (κ3) is 0.576. The van der Waals surface area contributed by atoms with E-state index in [-0.39, 0.29) is 17.8 Å². The lowest BCUT2D eigenvalue weighted by atomic mass is 9.55. The van der Waals surface area contributed by atoms with Gasteiger partial charge in [-0.15, -0.1) is 0 Å². The van der Waals surface area contributed by atoms with Crippen molar-refractivity contribution in [2.75, 3.05) is 0 Å². The molecule has 5 rings (SSSR count). The average Bonchev–Trinajstić information content (AvgIpc) is 2.09. The topological polar surface area (TPSA) is 34.1 Å². The molecule has 0 aromatic carbocycles. The summed E-state index contributed by atoms with van der Waals surface area (Å²) in [4.78, 5) is 23.0. The van der Waals surface area contributed by atoms with E-state index in [1.165, 1.54) is 0 Å². The van der Waals surface area contributed by atoms with Gasteiger partial charge in [-0.25, -0.2) is 0 Å². The number of carbonyl (C=O) groups is 2. The van der Waals surface area contributed by atoms with Crippen LogP contribution in [0.15, 0.2) is 12.2 Å². The molecule has 0 aromatic heterocycles. The van der Waals surface area contributed by atoms with E-state index < -0.39 is 0 Å². The molecule has 0 amide bonds. The molecule has 4 unspecified atom stereocenters. The quantitative estimate of drug-likeness (QED) is 0.497. The fourth-order valence-electron chi connectivity index (χ4n) is 2.92. The van der Waals surface area contributed by atoms with Crippen molar-refractivity contribution in [2.45, 2.75) is 12.8 Å². The Morgan fingerprint density at radius 1 is 1.17 bits per heavy atom. The number of ketones is 2. The van der Waals surface area contributed by atoms with Crippen molar-refractivity contribution in [3.8, 4) is 0 Å². The second-order valence-corrected chi connectivity index (χ2v) is 4.10. The average molecular weight is 162 g/mol. The minimum Gasteiger partial charge on any atom is -0.299 e. The normalized spacial score (nSPS) is 49.0. The highest BCUT2D eigenvalue weighted by Gasteiger charge is 2.52.